The first-order chi connectivity index (χ1) is 13.1. The summed E-state index contributed by atoms with van der Waals surface area (Å²) in [5.41, 5.74) is 1.96. The highest BCUT2D eigenvalue weighted by molar-refractivity contribution is 7.80. The van der Waals surface area contributed by atoms with Gasteiger partial charge in [-0.25, -0.2) is 0 Å². The lowest BCUT2D eigenvalue weighted by Gasteiger charge is -2.29. The second-order valence-corrected chi connectivity index (χ2v) is 7.89. The smallest absolute Gasteiger partial charge is 0.173 e. The van der Waals surface area contributed by atoms with Crippen molar-refractivity contribution in [1.82, 2.24) is 9.80 Å². The van der Waals surface area contributed by atoms with Crippen LogP contribution in [0.4, 0.5) is 5.69 Å². The zero-order valence-electron chi connectivity index (χ0n) is 15.9. The maximum Gasteiger partial charge on any atom is 0.173 e. The number of rotatable bonds is 7. The summed E-state index contributed by atoms with van der Waals surface area (Å²) in [5, 5.41) is 4.81. The van der Waals surface area contributed by atoms with Crippen LogP contribution < -0.4 is 5.32 Å². The third kappa shape index (κ3) is 5.96. The Morgan fingerprint density at radius 2 is 2.04 bits per heavy atom. The third-order valence-electron chi connectivity index (χ3n) is 5.07. The fourth-order valence-electron chi connectivity index (χ4n) is 3.45. The minimum atomic E-state index is 0.665. The Morgan fingerprint density at radius 3 is 2.78 bits per heavy atom. The number of furan rings is 1. The number of likely N-dealkylation sites (tertiary alicyclic amines) is 1. The van der Waals surface area contributed by atoms with Gasteiger partial charge >= 0.3 is 0 Å². The number of anilines is 1. The number of halogens is 1. The van der Waals surface area contributed by atoms with Gasteiger partial charge in [-0.1, -0.05) is 24.1 Å². The molecule has 1 N–H and O–H groups in total. The Balaban J connectivity index is 1.61. The maximum absolute atomic E-state index is 6.24. The summed E-state index contributed by atoms with van der Waals surface area (Å²) in [6.45, 7) is 7.13. The quantitative estimate of drug-likeness (QED) is 0.630. The largest absolute Gasteiger partial charge is 0.467 e. The molecule has 146 valence electrons. The average molecular weight is 406 g/mol. The number of hydrogen-bond donors (Lipinski definition) is 1. The molecule has 0 spiro atoms. The molecule has 2 heterocycles. The molecule has 0 amide bonds. The first-order valence-corrected chi connectivity index (χ1v) is 10.5. The van der Waals surface area contributed by atoms with E-state index in [-0.39, 0.29) is 0 Å². The summed E-state index contributed by atoms with van der Waals surface area (Å²) in [4.78, 5) is 4.74. The summed E-state index contributed by atoms with van der Waals surface area (Å²) in [5.74, 6) is 0.917. The van der Waals surface area contributed by atoms with Gasteiger partial charge in [0.2, 0.25) is 0 Å². The first-order valence-electron chi connectivity index (χ1n) is 9.69. The summed E-state index contributed by atoms with van der Waals surface area (Å²) in [7, 11) is 0. The predicted molar refractivity (Wildman–Crippen MR) is 116 cm³/mol. The molecule has 3 rings (SSSR count). The highest BCUT2D eigenvalue weighted by Crippen LogP contribution is 2.23. The molecule has 1 saturated heterocycles. The highest BCUT2D eigenvalue weighted by Gasteiger charge is 2.15. The lowest BCUT2D eigenvalue weighted by molar-refractivity contribution is 0.217. The molecule has 1 aromatic carbocycles. The fraction of sp³-hybridized carbons (Fsp3) is 0.476. The van der Waals surface area contributed by atoms with Crippen LogP contribution in [0.15, 0.2) is 41.0 Å². The standard InChI is InChI=1S/C21H28ClN3OS/c1-17-19(22)9-5-10-20(17)23-21(27)25(16-18-8-6-15-26-18)14-7-13-24-11-3-2-4-12-24/h5-6,8-10,15H,2-4,7,11-14,16H2,1H3,(H,23,27). The van der Waals surface area contributed by atoms with Crippen molar-refractivity contribution < 1.29 is 4.42 Å². The minimum Gasteiger partial charge on any atom is -0.467 e. The van der Waals surface area contributed by atoms with E-state index >= 15 is 0 Å². The molecular weight excluding hydrogens is 378 g/mol. The van der Waals surface area contributed by atoms with Gasteiger partial charge in [-0.2, -0.15) is 0 Å². The molecule has 0 unspecified atom stereocenters. The topological polar surface area (TPSA) is 31.6 Å². The number of nitrogens with zero attached hydrogens (tertiary/aromatic N) is 2. The van der Waals surface area contributed by atoms with Crippen LogP contribution >= 0.6 is 23.8 Å². The molecule has 0 aliphatic carbocycles. The molecule has 1 fully saturated rings. The first kappa shape index (κ1) is 20.2. The van der Waals surface area contributed by atoms with Gasteiger partial charge in [0.15, 0.2) is 5.11 Å². The molecule has 4 nitrogen and oxygen atoms in total. The van der Waals surface area contributed by atoms with E-state index in [1.807, 2.05) is 37.3 Å². The molecule has 0 radical (unpaired) electrons. The van der Waals surface area contributed by atoms with Crippen LogP contribution in [0.25, 0.3) is 0 Å². The molecule has 0 bridgehead atoms. The molecule has 1 aliphatic rings. The van der Waals surface area contributed by atoms with Gasteiger partial charge in [-0.05, 0) is 87.9 Å². The number of hydrogen-bond acceptors (Lipinski definition) is 3. The van der Waals surface area contributed by atoms with Crippen molar-refractivity contribution in [2.45, 2.75) is 39.2 Å². The number of benzene rings is 1. The Hall–Kier alpha value is -1.56. The summed E-state index contributed by atoms with van der Waals surface area (Å²) in [6, 6.07) is 9.74. The predicted octanol–water partition coefficient (Wildman–Crippen LogP) is 5.32. The average Bonchev–Trinajstić information content (AvgIpc) is 3.19. The van der Waals surface area contributed by atoms with Gasteiger partial charge in [0, 0.05) is 17.3 Å². The molecule has 1 aliphatic heterocycles. The number of piperidine rings is 1. The van der Waals surface area contributed by atoms with Gasteiger partial charge < -0.3 is 19.5 Å². The van der Waals surface area contributed by atoms with Crippen LogP contribution in [0, 0.1) is 6.92 Å². The zero-order chi connectivity index (χ0) is 19.1. The minimum absolute atomic E-state index is 0.665. The second-order valence-electron chi connectivity index (χ2n) is 7.10. The van der Waals surface area contributed by atoms with E-state index in [0.717, 1.165) is 41.5 Å². The fourth-order valence-corrected chi connectivity index (χ4v) is 3.89. The lowest BCUT2D eigenvalue weighted by Crippen LogP contribution is -2.37. The second kappa shape index (κ2) is 10.1. The van der Waals surface area contributed by atoms with Crippen molar-refractivity contribution in [3.8, 4) is 0 Å². The molecule has 6 heteroatoms. The van der Waals surface area contributed by atoms with Crippen LogP contribution in [0.2, 0.25) is 5.02 Å². The van der Waals surface area contributed by atoms with Crippen LogP contribution in [0.5, 0.6) is 0 Å². The van der Waals surface area contributed by atoms with Crippen molar-refractivity contribution in [2.75, 3.05) is 31.5 Å². The lowest BCUT2D eigenvalue weighted by atomic mass is 10.1. The van der Waals surface area contributed by atoms with E-state index in [0.29, 0.717) is 11.7 Å². The molecule has 1 aromatic heterocycles. The van der Waals surface area contributed by atoms with Crippen molar-refractivity contribution in [3.05, 3.63) is 52.9 Å². The van der Waals surface area contributed by atoms with E-state index in [2.05, 4.69) is 15.1 Å². The zero-order valence-corrected chi connectivity index (χ0v) is 17.5. The van der Waals surface area contributed by atoms with Crippen LogP contribution in [-0.2, 0) is 6.54 Å². The molecule has 27 heavy (non-hydrogen) atoms. The van der Waals surface area contributed by atoms with E-state index < -0.39 is 0 Å². The van der Waals surface area contributed by atoms with Crippen LogP contribution in [0.3, 0.4) is 0 Å². The van der Waals surface area contributed by atoms with Gasteiger partial charge in [-0.15, -0.1) is 0 Å². The number of nitrogens with one attached hydrogen (secondary N) is 1. The van der Waals surface area contributed by atoms with Crippen molar-refractivity contribution >= 4 is 34.6 Å². The Labute approximate surface area is 172 Å². The van der Waals surface area contributed by atoms with E-state index in [1.165, 1.54) is 32.4 Å². The van der Waals surface area contributed by atoms with Crippen LogP contribution in [0.1, 0.15) is 37.0 Å². The summed E-state index contributed by atoms with van der Waals surface area (Å²) >= 11 is 12.0. The van der Waals surface area contributed by atoms with E-state index in [1.54, 1.807) is 6.26 Å². The van der Waals surface area contributed by atoms with Crippen molar-refractivity contribution in [1.29, 1.82) is 0 Å². The van der Waals surface area contributed by atoms with Gasteiger partial charge in [0.1, 0.15) is 5.76 Å². The summed E-state index contributed by atoms with van der Waals surface area (Å²) < 4.78 is 5.54. The Kier molecular flexibility index (Phi) is 7.56. The van der Waals surface area contributed by atoms with Gasteiger partial charge in [-0.3, -0.25) is 0 Å². The maximum atomic E-state index is 6.24. The summed E-state index contributed by atoms with van der Waals surface area (Å²) in [6.07, 6.45) is 6.80. The number of thiocarbonyl (C=S) groups is 1. The normalized spacial score (nSPS) is 14.9. The Bertz CT molecular complexity index is 729. The Morgan fingerprint density at radius 1 is 1.22 bits per heavy atom. The third-order valence-corrected chi connectivity index (χ3v) is 5.84. The molecule has 0 atom stereocenters. The molecule has 2 aromatic rings. The molecule has 0 saturated carbocycles. The molecular formula is C21H28ClN3OS. The monoisotopic (exact) mass is 405 g/mol. The van der Waals surface area contributed by atoms with Gasteiger partial charge in [0.25, 0.3) is 0 Å². The van der Waals surface area contributed by atoms with Crippen LogP contribution in [-0.4, -0.2) is 41.1 Å². The SMILES string of the molecule is Cc1c(Cl)cccc1NC(=S)N(CCCN1CCCCC1)Cc1ccco1. The van der Waals surface area contributed by atoms with E-state index in [9.17, 15) is 0 Å². The highest BCUT2D eigenvalue weighted by atomic mass is 35.5. The van der Waals surface area contributed by atoms with E-state index in [4.69, 9.17) is 28.2 Å². The van der Waals surface area contributed by atoms with Gasteiger partial charge in [0.05, 0.1) is 12.8 Å². The van der Waals surface area contributed by atoms with Crippen molar-refractivity contribution in [2.24, 2.45) is 0 Å². The van der Waals surface area contributed by atoms with Crippen molar-refractivity contribution in [3.63, 3.8) is 0 Å².